The lowest BCUT2D eigenvalue weighted by Gasteiger charge is -2.41. The number of likely N-dealkylation sites (N-methyl/N-ethyl adjacent to an activating group) is 1. The van der Waals surface area contributed by atoms with Gasteiger partial charge in [-0.3, -0.25) is 19.3 Å². The average Bonchev–Trinajstić information content (AvgIpc) is 2.56. The van der Waals surface area contributed by atoms with Crippen molar-refractivity contribution in [2.45, 2.75) is 39.2 Å². The molecule has 0 aliphatic carbocycles. The number of hydrogen-bond donors (Lipinski definition) is 1. The zero-order valence-corrected chi connectivity index (χ0v) is 13.9. The van der Waals surface area contributed by atoms with Crippen molar-refractivity contribution in [3.05, 3.63) is 23.8 Å². The highest BCUT2D eigenvalue weighted by Gasteiger charge is 2.46. The summed E-state index contributed by atoms with van der Waals surface area (Å²) in [4.78, 5) is 37.8. The van der Waals surface area contributed by atoms with E-state index in [1.807, 2.05) is 13.8 Å². The Morgan fingerprint density at radius 1 is 1.26 bits per heavy atom. The van der Waals surface area contributed by atoms with E-state index in [-0.39, 0.29) is 24.1 Å². The molecule has 6 nitrogen and oxygen atoms in total. The molecule has 1 heterocycles. The quantitative estimate of drug-likeness (QED) is 0.842. The summed E-state index contributed by atoms with van der Waals surface area (Å²) in [5.74, 6) is -0.120. The first-order chi connectivity index (χ1) is 10.9. The number of nitrogens with one attached hydrogen (secondary N) is 1. The number of amides is 2. The molecular formula is C17H22N2O4. The minimum Gasteiger partial charge on any atom is -0.475 e. The van der Waals surface area contributed by atoms with Gasteiger partial charge in [-0.2, -0.15) is 0 Å². The first-order valence-electron chi connectivity index (χ1n) is 7.75. The normalized spacial score (nSPS) is 15.7. The Morgan fingerprint density at radius 3 is 2.43 bits per heavy atom. The molecule has 1 aromatic carbocycles. The number of Topliss-reactive ketones (excluding diaryl/α,β-unsaturated/α-hetero) is 1. The number of hydrogen-bond acceptors (Lipinski definition) is 4. The Hall–Kier alpha value is -2.37. The second kappa shape index (κ2) is 6.40. The van der Waals surface area contributed by atoms with Crippen LogP contribution in [0.2, 0.25) is 0 Å². The minimum atomic E-state index is -0.973. The van der Waals surface area contributed by atoms with Gasteiger partial charge in [-0.25, -0.2) is 0 Å². The molecule has 1 aliphatic rings. The molecule has 1 N–H and O–H groups in total. The molecule has 6 heteroatoms. The molecule has 0 fully saturated rings. The van der Waals surface area contributed by atoms with Crippen LogP contribution in [0.25, 0.3) is 0 Å². The molecule has 2 amide bonds. The van der Waals surface area contributed by atoms with Crippen LogP contribution in [0.15, 0.2) is 18.2 Å². The zero-order valence-electron chi connectivity index (χ0n) is 13.9. The number of anilines is 1. The predicted octanol–water partition coefficient (Wildman–Crippen LogP) is 1.92. The molecule has 0 spiro atoms. The van der Waals surface area contributed by atoms with Crippen LogP contribution in [-0.4, -0.2) is 36.8 Å². The number of ether oxygens (including phenoxy) is 1. The summed E-state index contributed by atoms with van der Waals surface area (Å²) in [5.41, 5.74) is -0.0370. The molecule has 1 aliphatic heterocycles. The highest BCUT2D eigenvalue weighted by Crippen LogP contribution is 2.41. The summed E-state index contributed by atoms with van der Waals surface area (Å²) in [7, 11) is 1.52. The predicted molar refractivity (Wildman–Crippen MR) is 86.8 cm³/mol. The Morgan fingerprint density at radius 2 is 1.91 bits per heavy atom. The van der Waals surface area contributed by atoms with E-state index in [0.717, 1.165) is 0 Å². The molecule has 124 valence electrons. The van der Waals surface area contributed by atoms with E-state index in [1.54, 1.807) is 18.2 Å². The number of rotatable bonds is 5. The second-order valence-electron chi connectivity index (χ2n) is 5.61. The van der Waals surface area contributed by atoms with Crippen molar-refractivity contribution >= 4 is 23.3 Å². The van der Waals surface area contributed by atoms with E-state index in [1.165, 1.54) is 18.9 Å². The summed E-state index contributed by atoms with van der Waals surface area (Å²) in [6.45, 7) is 5.12. The fourth-order valence-corrected chi connectivity index (χ4v) is 2.72. The molecule has 0 saturated heterocycles. The fourth-order valence-electron chi connectivity index (χ4n) is 2.72. The standard InChI is InChI=1S/C17H22N2O4/c1-5-17(6-2)16(22)19(10-15(21)18-4)13-9-12(11(3)20)7-8-14(13)23-17/h7-9H,5-6,10H2,1-4H3,(H,18,21). The fraction of sp³-hybridized carbons (Fsp3) is 0.471. The molecule has 1 aromatic rings. The van der Waals surface area contributed by atoms with Crippen molar-refractivity contribution in [1.29, 1.82) is 0 Å². The third-order valence-electron chi connectivity index (χ3n) is 4.32. The first kappa shape index (κ1) is 17.0. The van der Waals surface area contributed by atoms with Gasteiger partial charge < -0.3 is 10.1 Å². The van der Waals surface area contributed by atoms with Gasteiger partial charge in [0.1, 0.15) is 12.3 Å². The van der Waals surface area contributed by atoms with Crippen LogP contribution in [-0.2, 0) is 9.59 Å². The monoisotopic (exact) mass is 318 g/mol. The highest BCUT2D eigenvalue weighted by atomic mass is 16.5. The van der Waals surface area contributed by atoms with Crippen LogP contribution in [0.5, 0.6) is 5.75 Å². The topological polar surface area (TPSA) is 75.7 Å². The van der Waals surface area contributed by atoms with Gasteiger partial charge in [0.2, 0.25) is 5.91 Å². The second-order valence-corrected chi connectivity index (χ2v) is 5.61. The van der Waals surface area contributed by atoms with Crippen molar-refractivity contribution in [1.82, 2.24) is 5.32 Å². The van der Waals surface area contributed by atoms with Gasteiger partial charge in [0.05, 0.1) is 5.69 Å². The van der Waals surface area contributed by atoms with Gasteiger partial charge in [0.25, 0.3) is 5.91 Å². The molecule has 2 rings (SSSR count). The SMILES string of the molecule is CCC1(CC)Oc2ccc(C(C)=O)cc2N(CC(=O)NC)C1=O. The maximum absolute atomic E-state index is 12.9. The number of nitrogens with zero attached hydrogens (tertiary/aromatic N) is 1. The first-order valence-corrected chi connectivity index (χ1v) is 7.75. The van der Waals surface area contributed by atoms with Crippen LogP contribution < -0.4 is 15.0 Å². The number of carbonyl (C=O) groups is 3. The van der Waals surface area contributed by atoms with Crippen molar-refractivity contribution in [2.75, 3.05) is 18.5 Å². The summed E-state index contributed by atoms with van der Waals surface area (Å²) in [5, 5.41) is 2.52. The minimum absolute atomic E-state index is 0.102. The molecular weight excluding hydrogens is 296 g/mol. The van der Waals surface area contributed by atoms with Crippen LogP contribution in [0.3, 0.4) is 0 Å². The van der Waals surface area contributed by atoms with Crippen LogP contribution in [0.1, 0.15) is 44.0 Å². The van der Waals surface area contributed by atoms with Crippen molar-refractivity contribution in [2.24, 2.45) is 0 Å². The van der Waals surface area contributed by atoms with E-state index < -0.39 is 5.60 Å². The van der Waals surface area contributed by atoms with Gasteiger partial charge >= 0.3 is 0 Å². The molecule has 0 atom stereocenters. The van der Waals surface area contributed by atoms with E-state index in [0.29, 0.717) is 29.8 Å². The van der Waals surface area contributed by atoms with Crippen molar-refractivity contribution in [3.63, 3.8) is 0 Å². The molecule has 0 bridgehead atoms. The highest BCUT2D eigenvalue weighted by molar-refractivity contribution is 6.07. The van der Waals surface area contributed by atoms with Crippen molar-refractivity contribution in [3.8, 4) is 5.75 Å². The summed E-state index contributed by atoms with van der Waals surface area (Å²) in [6, 6.07) is 4.97. The van der Waals surface area contributed by atoms with Crippen LogP contribution >= 0.6 is 0 Å². The van der Waals surface area contributed by atoms with Gasteiger partial charge in [-0.05, 0) is 38.0 Å². The van der Waals surface area contributed by atoms with Gasteiger partial charge in [0.15, 0.2) is 11.4 Å². The molecule has 0 saturated carbocycles. The zero-order chi connectivity index (χ0) is 17.2. The Kier molecular flexibility index (Phi) is 4.73. The van der Waals surface area contributed by atoms with E-state index in [2.05, 4.69) is 5.32 Å². The number of fused-ring (bicyclic) bond motifs is 1. The third kappa shape index (κ3) is 2.93. The van der Waals surface area contributed by atoms with Crippen molar-refractivity contribution < 1.29 is 19.1 Å². The Balaban J connectivity index is 2.57. The maximum atomic E-state index is 12.9. The molecule has 0 radical (unpaired) electrons. The largest absolute Gasteiger partial charge is 0.475 e. The van der Waals surface area contributed by atoms with E-state index >= 15 is 0 Å². The third-order valence-corrected chi connectivity index (χ3v) is 4.32. The van der Waals surface area contributed by atoms with E-state index in [9.17, 15) is 14.4 Å². The maximum Gasteiger partial charge on any atom is 0.271 e. The van der Waals surface area contributed by atoms with Gasteiger partial charge in [-0.1, -0.05) is 13.8 Å². The number of carbonyl (C=O) groups excluding carboxylic acids is 3. The Labute approximate surface area is 135 Å². The average molecular weight is 318 g/mol. The lowest BCUT2D eigenvalue weighted by molar-refractivity contribution is -0.137. The smallest absolute Gasteiger partial charge is 0.271 e. The van der Waals surface area contributed by atoms with E-state index in [4.69, 9.17) is 4.74 Å². The lowest BCUT2D eigenvalue weighted by atomic mass is 9.92. The lowest BCUT2D eigenvalue weighted by Crippen LogP contribution is -2.57. The number of benzene rings is 1. The molecule has 0 aromatic heterocycles. The molecule has 23 heavy (non-hydrogen) atoms. The summed E-state index contributed by atoms with van der Waals surface area (Å²) < 4.78 is 5.98. The van der Waals surface area contributed by atoms with Crippen LogP contribution in [0.4, 0.5) is 5.69 Å². The van der Waals surface area contributed by atoms with Gasteiger partial charge in [-0.15, -0.1) is 0 Å². The number of ketones is 1. The van der Waals surface area contributed by atoms with Gasteiger partial charge in [0, 0.05) is 12.6 Å². The summed E-state index contributed by atoms with van der Waals surface area (Å²) in [6.07, 6.45) is 1.00. The van der Waals surface area contributed by atoms with Crippen LogP contribution in [0, 0.1) is 0 Å². The summed E-state index contributed by atoms with van der Waals surface area (Å²) >= 11 is 0. The Bertz CT molecular complexity index is 650. The molecule has 0 unspecified atom stereocenters.